The maximum Gasteiger partial charge on any atom is 0.220 e. The van der Waals surface area contributed by atoms with Gasteiger partial charge < -0.3 is 5.32 Å². The highest BCUT2D eigenvalue weighted by atomic mass is 16.1. The van der Waals surface area contributed by atoms with Crippen LogP contribution in [-0.4, -0.2) is 25.9 Å². The fourth-order valence-corrected chi connectivity index (χ4v) is 5.43. The number of hydrogen-bond donors (Lipinski definition) is 2. The van der Waals surface area contributed by atoms with Gasteiger partial charge in [0.1, 0.15) is 0 Å². The molecule has 0 saturated heterocycles. The van der Waals surface area contributed by atoms with E-state index in [1.54, 1.807) is 0 Å². The van der Waals surface area contributed by atoms with Gasteiger partial charge in [-0.1, -0.05) is 32.0 Å². The number of nitrogens with zero attached hydrogens (tertiary/aromatic N) is 3. The van der Waals surface area contributed by atoms with Crippen LogP contribution >= 0.6 is 0 Å². The van der Waals surface area contributed by atoms with Gasteiger partial charge in [-0.2, -0.15) is 10.2 Å². The molecule has 2 aliphatic rings. The van der Waals surface area contributed by atoms with Crippen molar-refractivity contribution in [1.82, 2.24) is 25.3 Å². The molecule has 1 atom stereocenters. The molecule has 6 heteroatoms. The molecule has 0 saturated carbocycles. The molecule has 0 bridgehead atoms. The van der Waals surface area contributed by atoms with Crippen molar-refractivity contribution in [3.05, 3.63) is 64.2 Å². The first-order valence-corrected chi connectivity index (χ1v) is 11.9. The SMILES string of the molecule is Cc1ccccc1-n1ncc2c1CC(C)(C)C[C@@H]2NC(=O)CCc1n[nH]c2c1CCCC2. The van der Waals surface area contributed by atoms with Gasteiger partial charge >= 0.3 is 0 Å². The Hall–Kier alpha value is -2.89. The van der Waals surface area contributed by atoms with Crippen molar-refractivity contribution in [2.75, 3.05) is 0 Å². The number of aryl methyl sites for hydroxylation is 3. The zero-order valence-corrected chi connectivity index (χ0v) is 19.4. The summed E-state index contributed by atoms with van der Waals surface area (Å²) >= 11 is 0. The predicted octanol–water partition coefficient (Wildman–Crippen LogP) is 4.55. The van der Waals surface area contributed by atoms with Gasteiger partial charge in [-0.25, -0.2) is 4.68 Å². The molecule has 32 heavy (non-hydrogen) atoms. The lowest BCUT2D eigenvalue weighted by Crippen LogP contribution is -2.37. The second-order valence-electron chi connectivity index (χ2n) is 10.2. The fraction of sp³-hybridized carbons (Fsp3) is 0.500. The Morgan fingerprint density at radius 3 is 2.91 bits per heavy atom. The monoisotopic (exact) mass is 431 g/mol. The van der Waals surface area contributed by atoms with E-state index in [1.807, 2.05) is 6.20 Å². The van der Waals surface area contributed by atoms with Crippen molar-refractivity contribution < 1.29 is 4.79 Å². The number of aromatic nitrogens is 4. The number of aromatic amines is 1. The summed E-state index contributed by atoms with van der Waals surface area (Å²) in [7, 11) is 0. The lowest BCUT2D eigenvalue weighted by Gasteiger charge is -2.36. The van der Waals surface area contributed by atoms with Crippen LogP contribution in [0.3, 0.4) is 0 Å². The summed E-state index contributed by atoms with van der Waals surface area (Å²) in [5.74, 6) is 0.0925. The summed E-state index contributed by atoms with van der Waals surface area (Å²) in [6, 6.07) is 8.33. The Morgan fingerprint density at radius 2 is 2.06 bits per heavy atom. The third-order valence-electron chi connectivity index (χ3n) is 7.09. The largest absolute Gasteiger partial charge is 0.349 e. The highest BCUT2D eigenvalue weighted by molar-refractivity contribution is 5.76. The number of para-hydroxylation sites is 1. The average Bonchev–Trinajstić information content (AvgIpc) is 3.36. The molecular weight excluding hydrogens is 398 g/mol. The first-order valence-electron chi connectivity index (χ1n) is 11.9. The van der Waals surface area contributed by atoms with Crippen LogP contribution in [0.25, 0.3) is 5.69 Å². The number of amides is 1. The molecule has 2 aliphatic carbocycles. The van der Waals surface area contributed by atoms with Gasteiger partial charge in [0.15, 0.2) is 0 Å². The first kappa shape index (κ1) is 21.0. The van der Waals surface area contributed by atoms with Crippen molar-refractivity contribution in [2.24, 2.45) is 5.41 Å². The molecule has 5 rings (SSSR count). The van der Waals surface area contributed by atoms with Crippen molar-refractivity contribution in [3.63, 3.8) is 0 Å². The molecule has 2 aromatic heterocycles. The first-order chi connectivity index (χ1) is 15.4. The molecule has 1 aromatic carbocycles. The van der Waals surface area contributed by atoms with Crippen LogP contribution in [0.15, 0.2) is 30.5 Å². The smallest absolute Gasteiger partial charge is 0.220 e. The van der Waals surface area contributed by atoms with E-state index in [1.165, 1.54) is 35.4 Å². The van der Waals surface area contributed by atoms with Crippen molar-refractivity contribution in [2.45, 2.75) is 78.2 Å². The van der Waals surface area contributed by atoms with Gasteiger partial charge in [0.25, 0.3) is 0 Å². The average molecular weight is 432 g/mol. The summed E-state index contributed by atoms with van der Waals surface area (Å²) in [6.45, 7) is 6.67. The Labute approximate surface area is 189 Å². The molecule has 3 aromatic rings. The van der Waals surface area contributed by atoms with Crippen LogP contribution in [0.2, 0.25) is 0 Å². The number of carbonyl (C=O) groups is 1. The van der Waals surface area contributed by atoms with E-state index in [4.69, 9.17) is 5.10 Å². The van der Waals surface area contributed by atoms with E-state index in [0.29, 0.717) is 12.8 Å². The molecule has 0 radical (unpaired) electrons. The number of fused-ring (bicyclic) bond motifs is 2. The minimum Gasteiger partial charge on any atom is -0.349 e. The van der Waals surface area contributed by atoms with E-state index < -0.39 is 0 Å². The van der Waals surface area contributed by atoms with Crippen LogP contribution in [-0.2, 0) is 30.5 Å². The number of carbonyl (C=O) groups excluding carboxylic acids is 1. The highest BCUT2D eigenvalue weighted by Gasteiger charge is 2.36. The Morgan fingerprint density at radius 1 is 1.25 bits per heavy atom. The van der Waals surface area contributed by atoms with Gasteiger partial charge in [0.05, 0.1) is 29.3 Å². The molecule has 0 fully saturated rings. The Kier molecular flexibility index (Phi) is 5.39. The summed E-state index contributed by atoms with van der Waals surface area (Å²) in [5, 5.41) is 15.7. The quantitative estimate of drug-likeness (QED) is 0.622. The van der Waals surface area contributed by atoms with Crippen LogP contribution in [0.1, 0.15) is 79.3 Å². The normalized spacial score (nSPS) is 19.3. The van der Waals surface area contributed by atoms with Crippen LogP contribution in [0, 0.1) is 12.3 Å². The lowest BCUT2D eigenvalue weighted by molar-refractivity contribution is -0.122. The number of rotatable bonds is 5. The van der Waals surface area contributed by atoms with Crippen molar-refractivity contribution in [1.29, 1.82) is 0 Å². The van der Waals surface area contributed by atoms with Gasteiger partial charge in [-0.3, -0.25) is 9.89 Å². The Bertz CT molecular complexity index is 1140. The van der Waals surface area contributed by atoms with Crippen LogP contribution < -0.4 is 5.32 Å². The lowest BCUT2D eigenvalue weighted by atomic mass is 9.74. The molecule has 0 spiro atoms. The molecule has 1 amide bonds. The summed E-state index contributed by atoms with van der Waals surface area (Å²) < 4.78 is 2.07. The summed E-state index contributed by atoms with van der Waals surface area (Å²) in [4.78, 5) is 12.9. The van der Waals surface area contributed by atoms with Gasteiger partial charge in [-0.15, -0.1) is 0 Å². The minimum absolute atomic E-state index is 0.00730. The van der Waals surface area contributed by atoms with E-state index in [9.17, 15) is 4.79 Å². The second-order valence-corrected chi connectivity index (χ2v) is 10.2. The van der Waals surface area contributed by atoms with E-state index in [0.717, 1.165) is 42.6 Å². The molecule has 0 aliphatic heterocycles. The van der Waals surface area contributed by atoms with Crippen molar-refractivity contribution in [3.8, 4) is 5.69 Å². The fourth-order valence-electron chi connectivity index (χ4n) is 5.43. The summed E-state index contributed by atoms with van der Waals surface area (Å²) in [6.07, 6.45) is 9.60. The minimum atomic E-state index is -0.00730. The molecule has 6 nitrogen and oxygen atoms in total. The van der Waals surface area contributed by atoms with E-state index in [2.05, 4.69) is 65.2 Å². The zero-order valence-electron chi connectivity index (χ0n) is 19.4. The molecule has 0 unspecified atom stereocenters. The third kappa shape index (κ3) is 3.98. The third-order valence-corrected chi connectivity index (χ3v) is 7.09. The topological polar surface area (TPSA) is 75.6 Å². The number of nitrogens with one attached hydrogen (secondary N) is 2. The highest BCUT2D eigenvalue weighted by Crippen LogP contribution is 2.41. The molecule has 2 heterocycles. The van der Waals surface area contributed by atoms with Crippen LogP contribution in [0.4, 0.5) is 0 Å². The summed E-state index contributed by atoms with van der Waals surface area (Å²) in [5.41, 5.74) is 8.46. The van der Waals surface area contributed by atoms with E-state index >= 15 is 0 Å². The molecular formula is C26H33N5O. The number of H-pyrrole nitrogens is 1. The van der Waals surface area contributed by atoms with Gasteiger partial charge in [0.2, 0.25) is 5.91 Å². The van der Waals surface area contributed by atoms with Crippen LogP contribution in [0.5, 0.6) is 0 Å². The van der Waals surface area contributed by atoms with Crippen molar-refractivity contribution >= 4 is 5.91 Å². The predicted molar refractivity (Wildman–Crippen MR) is 125 cm³/mol. The van der Waals surface area contributed by atoms with Gasteiger partial charge in [0, 0.05) is 24.1 Å². The molecule has 2 N–H and O–H groups in total. The number of hydrogen-bond acceptors (Lipinski definition) is 3. The molecule has 168 valence electrons. The van der Waals surface area contributed by atoms with Gasteiger partial charge in [-0.05, 0) is 68.1 Å². The Balaban J connectivity index is 1.33. The standard InChI is InChI=1S/C26H33N5O/c1-17-8-4-7-11-23(17)31-24-15-26(2,3)14-22(19(24)16-27-31)28-25(32)13-12-21-18-9-5-6-10-20(18)29-30-21/h4,7-8,11,16,22H,5-6,9-10,12-15H2,1-3H3,(H,28,32)(H,29,30)/t22-/m0/s1. The second kappa shape index (κ2) is 8.23. The number of benzene rings is 1. The maximum atomic E-state index is 12.9. The maximum absolute atomic E-state index is 12.9. The van der Waals surface area contributed by atoms with E-state index in [-0.39, 0.29) is 17.4 Å². The zero-order chi connectivity index (χ0) is 22.3.